The Labute approximate surface area is 212 Å². The SMILES string of the molecule is CB(O)N1CCN(C(=O)c2ccc(Br)cc2)CC1.O=C(c1ccc(Br)cc1)N1CCNCC1. The zero-order chi connectivity index (χ0) is 23.8. The van der Waals surface area contributed by atoms with Gasteiger partial charge in [-0.3, -0.25) is 9.59 Å². The largest absolute Gasteiger partial charge is 0.437 e. The number of carbonyl (C=O) groups excluding carboxylic acids is 2. The number of rotatable bonds is 3. The molecule has 2 aromatic rings. The third-order valence-corrected chi connectivity index (χ3v) is 6.77. The van der Waals surface area contributed by atoms with Crippen molar-refractivity contribution in [3.63, 3.8) is 0 Å². The molecule has 0 atom stereocenters. The number of carbonyl (C=O) groups is 2. The summed E-state index contributed by atoms with van der Waals surface area (Å²) < 4.78 is 1.97. The van der Waals surface area contributed by atoms with Gasteiger partial charge in [0.05, 0.1) is 0 Å². The van der Waals surface area contributed by atoms with E-state index in [0.717, 1.165) is 53.8 Å². The van der Waals surface area contributed by atoms with Gasteiger partial charge in [0.15, 0.2) is 0 Å². The lowest BCUT2D eigenvalue weighted by atomic mass is 9.84. The second-order valence-electron chi connectivity index (χ2n) is 8.02. The number of amides is 2. The van der Waals surface area contributed by atoms with Crippen LogP contribution in [-0.2, 0) is 0 Å². The fourth-order valence-corrected chi connectivity index (χ4v) is 4.25. The highest BCUT2D eigenvalue weighted by Gasteiger charge is 2.25. The first-order chi connectivity index (χ1) is 15.8. The molecule has 10 heteroatoms. The second-order valence-corrected chi connectivity index (χ2v) is 9.85. The van der Waals surface area contributed by atoms with Crippen LogP contribution >= 0.6 is 31.9 Å². The molecule has 0 aliphatic carbocycles. The van der Waals surface area contributed by atoms with Crippen LogP contribution in [0.2, 0.25) is 6.82 Å². The van der Waals surface area contributed by atoms with Gasteiger partial charge in [-0.05, 0) is 55.4 Å². The first-order valence-electron chi connectivity index (χ1n) is 11.1. The highest BCUT2D eigenvalue weighted by atomic mass is 79.9. The predicted octanol–water partition coefficient (Wildman–Crippen LogP) is 2.81. The molecule has 0 aromatic heterocycles. The minimum absolute atomic E-state index is 0.0627. The van der Waals surface area contributed by atoms with Crippen LogP contribution in [0.25, 0.3) is 0 Å². The van der Waals surface area contributed by atoms with E-state index in [2.05, 4.69) is 37.2 Å². The van der Waals surface area contributed by atoms with Gasteiger partial charge in [0.2, 0.25) is 0 Å². The van der Waals surface area contributed by atoms with Gasteiger partial charge in [0.25, 0.3) is 11.8 Å². The van der Waals surface area contributed by atoms with Gasteiger partial charge in [-0.1, -0.05) is 31.9 Å². The number of halogens is 2. The van der Waals surface area contributed by atoms with Crippen molar-refractivity contribution in [2.75, 3.05) is 52.4 Å². The van der Waals surface area contributed by atoms with Crippen molar-refractivity contribution >= 4 is 50.7 Å². The summed E-state index contributed by atoms with van der Waals surface area (Å²) in [7, 11) is -0.435. The summed E-state index contributed by atoms with van der Waals surface area (Å²) in [5.74, 6) is 0.191. The molecule has 176 valence electrons. The average molecular weight is 580 g/mol. The van der Waals surface area contributed by atoms with E-state index < -0.39 is 7.05 Å². The van der Waals surface area contributed by atoms with Crippen molar-refractivity contribution in [3.05, 3.63) is 68.6 Å². The normalized spacial score (nSPS) is 16.6. The van der Waals surface area contributed by atoms with Crippen LogP contribution in [-0.4, -0.2) is 90.9 Å². The zero-order valence-corrected chi connectivity index (χ0v) is 21.9. The summed E-state index contributed by atoms with van der Waals surface area (Å²) in [6.45, 7) is 7.92. The molecule has 2 fully saturated rings. The number of hydrogen-bond donors (Lipinski definition) is 2. The Hall–Kier alpha value is -1.72. The Morgan fingerprint density at radius 2 is 1.15 bits per heavy atom. The van der Waals surface area contributed by atoms with Gasteiger partial charge >= 0.3 is 7.05 Å². The van der Waals surface area contributed by atoms with Crippen molar-refractivity contribution in [1.82, 2.24) is 19.9 Å². The molecule has 2 aliphatic heterocycles. The molecule has 2 saturated heterocycles. The Balaban J connectivity index is 0.000000189. The van der Waals surface area contributed by atoms with E-state index in [-0.39, 0.29) is 11.8 Å². The van der Waals surface area contributed by atoms with Crippen LogP contribution in [0.3, 0.4) is 0 Å². The van der Waals surface area contributed by atoms with E-state index in [0.29, 0.717) is 18.7 Å². The third-order valence-electron chi connectivity index (χ3n) is 5.72. The van der Waals surface area contributed by atoms with Crippen LogP contribution < -0.4 is 5.32 Å². The van der Waals surface area contributed by atoms with E-state index in [4.69, 9.17) is 0 Å². The third kappa shape index (κ3) is 7.65. The highest BCUT2D eigenvalue weighted by molar-refractivity contribution is 9.10. The molecule has 0 spiro atoms. The van der Waals surface area contributed by atoms with Gasteiger partial charge in [-0.2, -0.15) is 0 Å². The van der Waals surface area contributed by atoms with Crippen LogP contribution in [0.15, 0.2) is 57.5 Å². The van der Waals surface area contributed by atoms with Crippen molar-refractivity contribution < 1.29 is 14.6 Å². The summed E-state index contributed by atoms with van der Waals surface area (Å²) in [6.07, 6.45) is 0. The molecule has 0 unspecified atom stereocenters. The fourth-order valence-electron chi connectivity index (χ4n) is 3.72. The molecule has 0 saturated carbocycles. The van der Waals surface area contributed by atoms with Crippen molar-refractivity contribution in [1.29, 1.82) is 0 Å². The first kappa shape index (κ1) is 25.9. The molecule has 33 heavy (non-hydrogen) atoms. The van der Waals surface area contributed by atoms with E-state index >= 15 is 0 Å². The number of piperazine rings is 2. The molecule has 0 bridgehead atoms. The molecule has 0 radical (unpaired) electrons. The van der Waals surface area contributed by atoms with Crippen LogP contribution in [0.5, 0.6) is 0 Å². The van der Waals surface area contributed by atoms with Crippen LogP contribution in [0.1, 0.15) is 20.7 Å². The Morgan fingerprint density at radius 3 is 1.55 bits per heavy atom. The van der Waals surface area contributed by atoms with Crippen LogP contribution in [0.4, 0.5) is 0 Å². The van der Waals surface area contributed by atoms with Crippen molar-refractivity contribution in [3.8, 4) is 0 Å². The summed E-state index contributed by atoms with van der Waals surface area (Å²) >= 11 is 6.71. The molecular formula is C23H29BBr2N4O3. The van der Waals surface area contributed by atoms with E-state index in [9.17, 15) is 14.6 Å². The highest BCUT2D eigenvalue weighted by Crippen LogP contribution is 2.14. The molecule has 2 amide bonds. The van der Waals surface area contributed by atoms with Gasteiger partial charge < -0.3 is 25.0 Å². The quantitative estimate of drug-likeness (QED) is 0.547. The molecule has 4 rings (SSSR count). The average Bonchev–Trinajstić information content (AvgIpc) is 2.85. The number of hydrogen-bond acceptors (Lipinski definition) is 5. The number of nitrogens with zero attached hydrogens (tertiary/aromatic N) is 3. The standard InChI is InChI=1S/C12H16BBrN2O2.C11H13BrN2O/c1-13(18)16-8-6-15(7-9-16)12(17)10-2-4-11(14)5-3-10;12-10-3-1-9(2-4-10)11(15)14-7-5-13-6-8-14/h2-5,18H,6-9H2,1H3;1-4,13H,5-8H2. The number of benzene rings is 2. The molecule has 2 heterocycles. The predicted molar refractivity (Wildman–Crippen MR) is 138 cm³/mol. The Morgan fingerprint density at radius 1 is 0.758 bits per heavy atom. The van der Waals surface area contributed by atoms with E-state index in [1.54, 1.807) is 6.82 Å². The van der Waals surface area contributed by atoms with Gasteiger partial charge in [0.1, 0.15) is 0 Å². The molecule has 2 aliphatic rings. The lowest BCUT2D eigenvalue weighted by Crippen LogP contribution is -2.52. The van der Waals surface area contributed by atoms with Crippen LogP contribution in [0, 0.1) is 0 Å². The molecule has 7 nitrogen and oxygen atoms in total. The fraction of sp³-hybridized carbons (Fsp3) is 0.391. The zero-order valence-electron chi connectivity index (χ0n) is 18.7. The van der Waals surface area contributed by atoms with Gasteiger partial charge in [-0.15, -0.1) is 0 Å². The molecule has 2 aromatic carbocycles. The smallest absolute Gasteiger partial charge is 0.376 e. The maximum Gasteiger partial charge on any atom is 0.376 e. The lowest BCUT2D eigenvalue weighted by molar-refractivity contribution is 0.0687. The van der Waals surface area contributed by atoms with Crippen molar-refractivity contribution in [2.45, 2.75) is 6.82 Å². The second kappa shape index (κ2) is 12.7. The summed E-state index contributed by atoms with van der Waals surface area (Å²) in [5.41, 5.74) is 1.48. The maximum absolute atomic E-state index is 12.2. The van der Waals surface area contributed by atoms with Gasteiger partial charge in [0, 0.05) is 72.4 Å². The first-order valence-corrected chi connectivity index (χ1v) is 12.7. The minimum atomic E-state index is -0.435. The topological polar surface area (TPSA) is 76.1 Å². The summed E-state index contributed by atoms with van der Waals surface area (Å²) in [6, 6.07) is 14.9. The molecule has 2 N–H and O–H groups in total. The van der Waals surface area contributed by atoms with Gasteiger partial charge in [-0.25, -0.2) is 0 Å². The summed E-state index contributed by atoms with van der Waals surface area (Å²) in [4.78, 5) is 29.9. The number of nitrogens with one attached hydrogen (secondary N) is 1. The van der Waals surface area contributed by atoms with E-state index in [1.807, 2.05) is 63.1 Å². The Bertz CT molecular complexity index is 914. The Kier molecular flexibility index (Phi) is 9.94. The van der Waals surface area contributed by atoms with Crippen molar-refractivity contribution in [2.24, 2.45) is 0 Å². The maximum atomic E-state index is 12.2. The summed E-state index contributed by atoms with van der Waals surface area (Å²) in [5, 5.41) is 12.7. The lowest BCUT2D eigenvalue weighted by Gasteiger charge is -2.35. The minimum Gasteiger partial charge on any atom is -0.437 e. The monoisotopic (exact) mass is 578 g/mol. The molecular weight excluding hydrogens is 551 g/mol. The van der Waals surface area contributed by atoms with E-state index in [1.165, 1.54) is 0 Å².